The third-order valence-electron chi connectivity index (χ3n) is 25.4. The fraction of sp³-hybridized carbons (Fsp3) is 0.0400. The molecule has 0 N–H and O–H groups in total. The van der Waals surface area contributed by atoms with Crippen LogP contribution in [0, 0.1) is 27.7 Å². The van der Waals surface area contributed by atoms with E-state index in [1.165, 1.54) is 198 Å². The monoisotopic (exact) mass is 1430 g/mol. The predicted molar refractivity (Wildman–Crippen MR) is 467 cm³/mol. The van der Waals surface area contributed by atoms with Gasteiger partial charge in [0, 0.05) is 65.8 Å². The van der Waals surface area contributed by atoms with Crippen LogP contribution in [-0.2, 0) is 0 Å². The number of benzene rings is 16. The maximum absolute atomic E-state index is 6.38. The smallest absolute Gasteiger partial charge is 0.256 e. The Morgan fingerprint density at radius 2 is 0.554 bits per heavy atom. The molecule has 12 heterocycles. The number of ether oxygens (including phenoxy) is 4. The molecule has 8 aliphatic heterocycles. The van der Waals surface area contributed by atoms with Gasteiger partial charge in [-0.2, -0.15) is 0 Å². The molecule has 28 rings (SSSR count). The summed E-state index contributed by atoms with van der Waals surface area (Å²) in [6.07, 6.45) is 0. The lowest BCUT2D eigenvalue weighted by molar-refractivity contribution is 0.487. The molecule has 4 aromatic heterocycles. The van der Waals surface area contributed by atoms with E-state index in [1.807, 2.05) is 0 Å². The standard InChI is InChI=1S/4C25H16BNO/c1-15-7-6-10-19-24(15)27-20-11-4-2-8-16(20)17-13-14-22-23(25(17)27)26(19)18-9-3-5-12-21(18)28-22;1-15-7-6-11-20-23(15)26-18-9-3-5-12-21(18)28-22-14-13-17-16-8-2-4-10-19(16)27(20)25(17)24(22)26;1-15-10-12-18-21(14-15)27-20-8-4-2-6-16(20)17-11-13-23-24(25(17)27)26(18)19-7-3-5-9-22(19)28-23;1-15-10-12-21-19(14-15)26-18-7-3-5-9-22(18)28-23-13-11-17-16-6-2-4-8-20(16)27(21)25(17)24(23)26/h4*2-14H,1H3. The molecule has 20 aromatic rings. The lowest BCUT2D eigenvalue weighted by Gasteiger charge is -2.33. The summed E-state index contributed by atoms with van der Waals surface area (Å²) in [5.74, 6) is 7.79. The number of nitrogens with zero attached hydrogens (tertiary/aromatic N) is 4. The van der Waals surface area contributed by atoms with Gasteiger partial charge in [0.2, 0.25) is 0 Å². The van der Waals surface area contributed by atoms with E-state index in [2.05, 4.69) is 361 Å². The van der Waals surface area contributed by atoms with Crippen molar-refractivity contribution in [1.82, 2.24) is 18.3 Å². The van der Waals surface area contributed by atoms with Crippen LogP contribution < -0.4 is 84.5 Å². The molecular formula is C100H64B4N4O4. The Morgan fingerprint density at radius 3 is 1.04 bits per heavy atom. The third kappa shape index (κ3) is 8.29. The number of rotatable bonds is 0. The van der Waals surface area contributed by atoms with Gasteiger partial charge >= 0.3 is 0 Å². The van der Waals surface area contributed by atoms with Crippen molar-refractivity contribution in [3.8, 4) is 68.7 Å². The van der Waals surface area contributed by atoms with E-state index >= 15 is 0 Å². The van der Waals surface area contributed by atoms with Crippen molar-refractivity contribution in [2.24, 2.45) is 0 Å². The van der Waals surface area contributed by atoms with E-state index in [-0.39, 0.29) is 26.9 Å². The summed E-state index contributed by atoms with van der Waals surface area (Å²) in [5, 5.41) is 10.4. The van der Waals surface area contributed by atoms with Gasteiger partial charge in [-0.25, -0.2) is 0 Å². The molecule has 0 radical (unpaired) electrons. The van der Waals surface area contributed by atoms with Crippen LogP contribution in [0.3, 0.4) is 0 Å². The van der Waals surface area contributed by atoms with Crippen LogP contribution in [0.2, 0.25) is 0 Å². The second-order valence-corrected chi connectivity index (χ2v) is 31.3. The minimum atomic E-state index is 0.204. The van der Waals surface area contributed by atoms with Crippen molar-refractivity contribution in [2.45, 2.75) is 27.7 Å². The Balaban J connectivity index is 0.0000000847. The summed E-state index contributed by atoms with van der Waals surface area (Å²) < 4.78 is 35.3. The quantitative estimate of drug-likeness (QED) is 0.142. The van der Waals surface area contributed by atoms with E-state index in [0.29, 0.717) is 0 Å². The highest BCUT2D eigenvalue weighted by molar-refractivity contribution is 7.01. The topological polar surface area (TPSA) is 56.6 Å². The fourth-order valence-corrected chi connectivity index (χ4v) is 21.0. The van der Waals surface area contributed by atoms with Crippen molar-refractivity contribution in [2.75, 3.05) is 0 Å². The molecule has 0 saturated carbocycles. The summed E-state index contributed by atoms with van der Waals surface area (Å²) in [7, 11) is 0. The Morgan fingerprint density at radius 1 is 0.205 bits per heavy atom. The molecule has 16 aromatic carbocycles. The van der Waals surface area contributed by atoms with Gasteiger partial charge in [0.15, 0.2) is 0 Å². The van der Waals surface area contributed by atoms with Crippen LogP contribution in [-0.4, -0.2) is 45.1 Å². The minimum absolute atomic E-state index is 0.204. The van der Waals surface area contributed by atoms with Crippen LogP contribution in [0.5, 0.6) is 46.0 Å². The lowest BCUT2D eigenvalue weighted by atomic mass is 9.34. The van der Waals surface area contributed by atoms with Gasteiger partial charge in [0.1, 0.15) is 46.0 Å². The molecule has 0 aliphatic carbocycles. The molecule has 0 bridgehead atoms. The summed E-state index contributed by atoms with van der Waals surface area (Å²) in [6, 6.07) is 113. The second-order valence-electron chi connectivity index (χ2n) is 31.3. The third-order valence-corrected chi connectivity index (χ3v) is 25.4. The van der Waals surface area contributed by atoms with Crippen LogP contribution in [0.1, 0.15) is 22.3 Å². The van der Waals surface area contributed by atoms with Gasteiger partial charge in [-0.1, -0.05) is 211 Å². The molecule has 0 saturated heterocycles. The zero-order chi connectivity index (χ0) is 73.6. The van der Waals surface area contributed by atoms with Gasteiger partial charge in [-0.15, -0.1) is 0 Å². The normalized spacial score (nSPS) is 13.4. The molecule has 0 unspecified atom stereocenters. The molecule has 0 spiro atoms. The molecule has 0 fully saturated rings. The molecular weight excluding hydrogens is 1360 g/mol. The Hall–Kier alpha value is -13.8. The van der Waals surface area contributed by atoms with E-state index < -0.39 is 0 Å². The highest BCUT2D eigenvalue weighted by atomic mass is 16.5. The molecule has 112 heavy (non-hydrogen) atoms. The molecule has 12 heteroatoms. The number of hydrogen-bond acceptors (Lipinski definition) is 4. The van der Waals surface area contributed by atoms with Crippen molar-refractivity contribution in [3.05, 3.63) is 338 Å². The Bertz CT molecular complexity index is 7530. The highest BCUT2D eigenvalue weighted by Gasteiger charge is 2.46. The maximum Gasteiger partial charge on any atom is 0.256 e. The van der Waals surface area contributed by atoms with Crippen molar-refractivity contribution >= 4 is 180 Å². The van der Waals surface area contributed by atoms with Crippen LogP contribution >= 0.6 is 0 Å². The van der Waals surface area contributed by atoms with Crippen molar-refractivity contribution < 1.29 is 18.9 Å². The van der Waals surface area contributed by atoms with E-state index in [9.17, 15) is 0 Å². The zero-order valence-corrected chi connectivity index (χ0v) is 61.8. The average molecular weight is 1430 g/mol. The number of para-hydroxylation sites is 9. The largest absolute Gasteiger partial charge is 0.458 e. The number of fused-ring (bicyclic) bond motifs is 32. The molecule has 8 nitrogen and oxygen atoms in total. The van der Waals surface area contributed by atoms with E-state index in [4.69, 9.17) is 18.9 Å². The van der Waals surface area contributed by atoms with E-state index in [0.717, 1.165) is 46.0 Å². The predicted octanol–water partition coefficient (Wildman–Crippen LogP) is 16.1. The first kappa shape index (κ1) is 62.1. The first-order valence-electron chi connectivity index (χ1n) is 39.0. The van der Waals surface area contributed by atoms with Gasteiger partial charge in [0.05, 0.1) is 44.1 Å². The summed E-state index contributed by atoms with van der Waals surface area (Å²) in [5.41, 5.74) is 36.2. The van der Waals surface area contributed by atoms with Crippen molar-refractivity contribution in [3.63, 3.8) is 0 Å². The maximum atomic E-state index is 6.38. The van der Waals surface area contributed by atoms with E-state index in [1.54, 1.807) is 0 Å². The highest BCUT2D eigenvalue weighted by Crippen LogP contribution is 2.45. The SMILES string of the molecule is Cc1ccc2c(c1)-n1c3ccccc3c3ccc4c(c31)B2c1ccccc1O4.Cc1ccc2c(c1)B1c3ccccc3Oc3ccc4c5ccccc5n-2c4c31.Cc1cccc2c1-n1c3ccccc3c3ccc4c(c31)B2c1ccccc1O4.Cc1cccc2c1B1c3ccccc3Oc3ccc4c5ccccc5n-2c4c31. The summed E-state index contributed by atoms with van der Waals surface area (Å²) in [4.78, 5) is 0. The average Bonchev–Trinajstić information content (AvgIpc) is 1.50. The summed E-state index contributed by atoms with van der Waals surface area (Å²) >= 11 is 0. The Kier molecular flexibility index (Phi) is 12.7. The van der Waals surface area contributed by atoms with Gasteiger partial charge in [0.25, 0.3) is 26.9 Å². The van der Waals surface area contributed by atoms with Crippen LogP contribution in [0.15, 0.2) is 315 Å². The fourth-order valence-electron chi connectivity index (χ4n) is 21.0. The number of hydrogen-bond donors (Lipinski definition) is 0. The number of aryl methyl sites for hydroxylation is 4. The van der Waals surface area contributed by atoms with Gasteiger partial charge in [-0.05, 0) is 220 Å². The molecule has 8 aliphatic rings. The molecule has 0 amide bonds. The number of aromatic nitrogens is 4. The van der Waals surface area contributed by atoms with Crippen LogP contribution in [0.25, 0.3) is 110 Å². The Labute approximate surface area is 646 Å². The first-order chi connectivity index (χ1) is 55.3. The van der Waals surface area contributed by atoms with Crippen molar-refractivity contribution in [1.29, 1.82) is 0 Å². The molecule has 520 valence electrons. The van der Waals surface area contributed by atoms with Gasteiger partial charge in [-0.3, -0.25) is 0 Å². The summed E-state index contributed by atoms with van der Waals surface area (Å²) in [6.45, 7) is 9.62. The minimum Gasteiger partial charge on any atom is -0.458 e. The zero-order valence-electron chi connectivity index (χ0n) is 61.8. The first-order valence-corrected chi connectivity index (χ1v) is 39.0. The van der Waals surface area contributed by atoms with Crippen LogP contribution in [0.4, 0.5) is 0 Å². The molecule has 0 atom stereocenters. The lowest BCUT2D eigenvalue weighted by Crippen LogP contribution is -2.59. The second kappa shape index (κ2) is 22.9. The van der Waals surface area contributed by atoms with Gasteiger partial charge < -0.3 is 37.2 Å².